The highest BCUT2D eigenvalue weighted by atomic mass is 19.1. The van der Waals surface area contributed by atoms with Crippen LogP contribution in [-0.2, 0) is 6.42 Å². The average Bonchev–Trinajstić information content (AvgIpc) is 2.39. The van der Waals surface area contributed by atoms with Crippen LogP contribution < -0.4 is 4.74 Å². The zero-order valence-electron chi connectivity index (χ0n) is 10.0. The number of halogens is 1. The number of Topliss-reactive ketones (excluding diaryl/α,β-unsaturated/α-hetero) is 1. The summed E-state index contributed by atoms with van der Waals surface area (Å²) in [5.74, 6) is -0.660. The zero-order valence-corrected chi connectivity index (χ0v) is 10.0. The number of ketones is 1. The van der Waals surface area contributed by atoms with E-state index in [4.69, 9.17) is 4.74 Å². The van der Waals surface area contributed by atoms with Gasteiger partial charge in [0.1, 0.15) is 0 Å². The Kier molecular flexibility index (Phi) is 3.72. The third kappa shape index (κ3) is 2.56. The summed E-state index contributed by atoms with van der Waals surface area (Å²) in [5, 5.41) is 0. The first kappa shape index (κ1) is 12.3. The van der Waals surface area contributed by atoms with Crippen molar-refractivity contribution in [3.63, 3.8) is 0 Å². The molecule has 0 aromatic heterocycles. The van der Waals surface area contributed by atoms with Gasteiger partial charge in [0.2, 0.25) is 0 Å². The third-order valence-electron chi connectivity index (χ3n) is 2.68. The maximum atomic E-state index is 13.5. The zero-order chi connectivity index (χ0) is 13.0. The van der Waals surface area contributed by atoms with Crippen molar-refractivity contribution in [3.05, 3.63) is 65.5 Å². The van der Waals surface area contributed by atoms with Crippen molar-refractivity contribution in [1.82, 2.24) is 0 Å². The first-order chi connectivity index (χ1) is 8.72. The molecule has 2 aromatic rings. The Morgan fingerprint density at radius 3 is 2.50 bits per heavy atom. The second-order valence-corrected chi connectivity index (χ2v) is 3.91. The molecule has 0 N–H and O–H groups in total. The van der Waals surface area contributed by atoms with Gasteiger partial charge < -0.3 is 4.74 Å². The van der Waals surface area contributed by atoms with Crippen LogP contribution in [0, 0.1) is 5.82 Å². The molecule has 2 rings (SSSR count). The van der Waals surface area contributed by atoms with E-state index in [0.717, 1.165) is 5.56 Å². The Balaban J connectivity index is 2.27. The number of para-hydroxylation sites is 1. The average molecular weight is 244 g/mol. The van der Waals surface area contributed by atoms with Crippen molar-refractivity contribution in [2.75, 3.05) is 7.11 Å². The highest BCUT2D eigenvalue weighted by Crippen LogP contribution is 2.23. The number of carbonyl (C=O) groups is 1. The van der Waals surface area contributed by atoms with Gasteiger partial charge in [-0.05, 0) is 17.7 Å². The molecule has 18 heavy (non-hydrogen) atoms. The van der Waals surface area contributed by atoms with Crippen LogP contribution in [0.15, 0.2) is 48.5 Å². The van der Waals surface area contributed by atoms with Gasteiger partial charge in [-0.25, -0.2) is 4.39 Å². The maximum absolute atomic E-state index is 13.5. The van der Waals surface area contributed by atoms with Crippen molar-refractivity contribution in [2.45, 2.75) is 6.42 Å². The van der Waals surface area contributed by atoms with E-state index in [0.29, 0.717) is 0 Å². The summed E-state index contributed by atoms with van der Waals surface area (Å²) in [6.45, 7) is 0. The van der Waals surface area contributed by atoms with Crippen molar-refractivity contribution in [3.8, 4) is 5.75 Å². The fourth-order valence-electron chi connectivity index (χ4n) is 1.81. The molecule has 0 bridgehead atoms. The molecule has 92 valence electrons. The molecule has 3 heteroatoms. The van der Waals surface area contributed by atoms with E-state index in [1.54, 1.807) is 6.07 Å². The number of methoxy groups -OCH3 is 1. The first-order valence-electron chi connectivity index (χ1n) is 5.62. The Morgan fingerprint density at radius 2 is 1.83 bits per heavy atom. The van der Waals surface area contributed by atoms with E-state index >= 15 is 0 Å². The van der Waals surface area contributed by atoms with Gasteiger partial charge in [0, 0.05) is 6.42 Å². The number of carbonyl (C=O) groups excluding carboxylic acids is 1. The molecule has 2 nitrogen and oxygen atoms in total. The number of hydrogen-bond donors (Lipinski definition) is 0. The van der Waals surface area contributed by atoms with Crippen LogP contribution in [0.1, 0.15) is 15.9 Å². The first-order valence-corrected chi connectivity index (χ1v) is 5.62. The topological polar surface area (TPSA) is 26.3 Å². The van der Waals surface area contributed by atoms with Crippen molar-refractivity contribution in [2.24, 2.45) is 0 Å². The van der Waals surface area contributed by atoms with Crippen molar-refractivity contribution in [1.29, 1.82) is 0 Å². The van der Waals surface area contributed by atoms with E-state index in [1.807, 2.05) is 30.3 Å². The summed E-state index contributed by atoms with van der Waals surface area (Å²) in [4.78, 5) is 12.1. The predicted octanol–water partition coefficient (Wildman–Crippen LogP) is 3.26. The van der Waals surface area contributed by atoms with Crippen molar-refractivity contribution >= 4 is 5.78 Å². The van der Waals surface area contributed by atoms with E-state index < -0.39 is 5.82 Å². The number of benzene rings is 2. The van der Waals surface area contributed by atoms with Crippen LogP contribution in [0.5, 0.6) is 5.75 Å². The van der Waals surface area contributed by atoms with E-state index in [-0.39, 0.29) is 23.5 Å². The van der Waals surface area contributed by atoms with Gasteiger partial charge in [-0.3, -0.25) is 4.79 Å². The standard InChI is InChI=1S/C15H13FO2/c1-18-15-12(8-5-9-13(15)16)14(17)10-11-6-3-2-4-7-11/h2-9H,10H2,1H3. The Labute approximate surface area is 105 Å². The summed E-state index contributed by atoms with van der Waals surface area (Å²) in [6, 6.07) is 13.7. The fourth-order valence-corrected chi connectivity index (χ4v) is 1.81. The van der Waals surface area contributed by atoms with Crippen LogP contribution in [0.2, 0.25) is 0 Å². The predicted molar refractivity (Wildman–Crippen MR) is 67.4 cm³/mol. The molecule has 0 saturated heterocycles. The molecule has 0 heterocycles. The fraction of sp³-hybridized carbons (Fsp3) is 0.133. The minimum absolute atomic E-state index is 0.0124. The summed E-state index contributed by atoms with van der Waals surface area (Å²) >= 11 is 0. The molecule has 0 radical (unpaired) electrons. The van der Waals surface area contributed by atoms with Gasteiger partial charge in [-0.15, -0.1) is 0 Å². The van der Waals surface area contributed by atoms with E-state index in [2.05, 4.69) is 0 Å². The molecule has 0 spiro atoms. The molecule has 0 atom stereocenters. The molecular weight excluding hydrogens is 231 g/mol. The monoisotopic (exact) mass is 244 g/mol. The molecule has 0 fully saturated rings. The minimum Gasteiger partial charge on any atom is -0.493 e. The Hall–Kier alpha value is -2.16. The molecule has 0 aliphatic carbocycles. The van der Waals surface area contributed by atoms with Crippen molar-refractivity contribution < 1.29 is 13.9 Å². The molecule has 0 saturated carbocycles. The lowest BCUT2D eigenvalue weighted by Crippen LogP contribution is -2.06. The largest absolute Gasteiger partial charge is 0.493 e. The molecule has 0 aliphatic heterocycles. The second-order valence-electron chi connectivity index (χ2n) is 3.91. The van der Waals surface area contributed by atoms with Gasteiger partial charge >= 0.3 is 0 Å². The summed E-state index contributed by atoms with van der Waals surface area (Å²) in [6.07, 6.45) is 0.237. The molecule has 0 unspecified atom stereocenters. The van der Waals surface area contributed by atoms with Gasteiger partial charge in [-0.1, -0.05) is 36.4 Å². The SMILES string of the molecule is COc1c(F)cccc1C(=O)Cc1ccccc1. The number of hydrogen-bond acceptors (Lipinski definition) is 2. The van der Waals surface area contributed by atoms with E-state index in [9.17, 15) is 9.18 Å². The smallest absolute Gasteiger partial charge is 0.171 e. The summed E-state index contributed by atoms with van der Waals surface area (Å²) < 4.78 is 18.4. The van der Waals surface area contributed by atoms with E-state index in [1.165, 1.54) is 19.2 Å². The van der Waals surface area contributed by atoms with Gasteiger partial charge in [0.25, 0.3) is 0 Å². The lowest BCUT2D eigenvalue weighted by atomic mass is 10.0. The van der Waals surface area contributed by atoms with Crippen LogP contribution in [-0.4, -0.2) is 12.9 Å². The molecule has 0 aliphatic rings. The van der Waals surface area contributed by atoms with Crippen LogP contribution in [0.25, 0.3) is 0 Å². The second kappa shape index (κ2) is 5.45. The molecule has 2 aromatic carbocycles. The number of ether oxygens (including phenoxy) is 1. The van der Waals surface area contributed by atoms with Crippen LogP contribution in [0.3, 0.4) is 0 Å². The third-order valence-corrected chi connectivity index (χ3v) is 2.68. The molecule has 0 amide bonds. The lowest BCUT2D eigenvalue weighted by Gasteiger charge is -2.08. The van der Waals surface area contributed by atoms with Gasteiger partial charge in [0.05, 0.1) is 12.7 Å². The van der Waals surface area contributed by atoms with Gasteiger partial charge in [0.15, 0.2) is 17.3 Å². The van der Waals surface area contributed by atoms with Crippen LogP contribution >= 0.6 is 0 Å². The maximum Gasteiger partial charge on any atom is 0.171 e. The Bertz CT molecular complexity index is 550. The minimum atomic E-state index is -0.517. The summed E-state index contributed by atoms with van der Waals surface area (Å²) in [7, 11) is 1.36. The highest BCUT2D eigenvalue weighted by Gasteiger charge is 2.15. The highest BCUT2D eigenvalue weighted by molar-refractivity contribution is 6.00. The number of rotatable bonds is 4. The van der Waals surface area contributed by atoms with Gasteiger partial charge in [-0.2, -0.15) is 0 Å². The quantitative estimate of drug-likeness (QED) is 0.772. The van der Waals surface area contributed by atoms with Crippen LogP contribution in [0.4, 0.5) is 4.39 Å². The normalized spacial score (nSPS) is 10.1. The summed E-state index contributed by atoms with van der Waals surface area (Å²) in [5.41, 5.74) is 1.18. The Morgan fingerprint density at radius 1 is 1.11 bits per heavy atom. The molecular formula is C15H13FO2. The lowest BCUT2D eigenvalue weighted by molar-refractivity contribution is 0.0989.